The lowest BCUT2D eigenvalue weighted by atomic mass is 10.1. The Labute approximate surface area is 208 Å². The van der Waals surface area contributed by atoms with E-state index in [4.69, 9.17) is 32.4 Å². The molecule has 5 aromatic rings. The van der Waals surface area contributed by atoms with Crippen LogP contribution in [0.1, 0.15) is 20.7 Å². The van der Waals surface area contributed by atoms with Crippen molar-refractivity contribution in [3.05, 3.63) is 101 Å². The second-order valence-electron chi connectivity index (χ2n) is 7.22. The number of anilines is 1. The Hall–Kier alpha value is -4.27. The lowest BCUT2D eigenvalue weighted by Crippen LogP contribution is -2.14. The van der Waals surface area contributed by atoms with Gasteiger partial charge in [0.25, 0.3) is 5.91 Å². The summed E-state index contributed by atoms with van der Waals surface area (Å²) in [6, 6.07) is 18.2. The van der Waals surface area contributed by atoms with E-state index in [0.717, 1.165) is 0 Å². The molecule has 0 radical (unpaired) electrons. The van der Waals surface area contributed by atoms with Gasteiger partial charge in [0, 0.05) is 24.1 Å². The third-order valence-electron chi connectivity index (χ3n) is 4.95. The highest BCUT2D eigenvalue weighted by molar-refractivity contribution is 6.33. The number of aromatic nitrogens is 3. The molecular formula is C25H14Cl2N4O4. The highest BCUT2D eigenvalue weighted by Crippen LogP contribution is 2.35. The first kappa shape index (κ1) is 22.5. The van der Waals surface area contributed by atoms with Crippen molar-refractivity contribution in [2.45, 2.75) is 0 Å². The minimum absolute atomic E-state index is 0.00316. The molecule has 172 valence electrons. The molecular weight excluding hydrogens is 491 g/mol. The summed E-state index contributed by atoms with van der Waals surface area (Å²) in [6.45, 7) is 0. The van der Waals surface area contributed by atoms with Gasteiger partial charge in [-0.05, 0) is 48.5 Å². The van der Waals surface area contributed by atoms with E-state index in [1.54, 1.807) is 42.5 Å². The van der Waals surface area contributed by atoms with E-state index in [0.29, 0.717) is 22.4 Å². The maximum absolute atomic E-state index is 12.9. The third-order valence-corrected chi connectivity index (χ3v) is 5.55. The van der Waals surface area contributed by atoms with Gasteiger partial charge in [0.05, 0.1) is 16.7 Å². The third kappa shape index (κ3) is 4.70. The normalized spacial score (nSPS) is 10.8. The zero-order chi connectivity index (χ0) is 24.4. The molecule has 35 heavy (non-hydrogen) atoms. The van der Waals surface area contributed by atoms with Gasteiger partial charge < -0.3 is 14.5 Å². The number of fused-ring (bicyclic) bond motifs is 1. The van der Waals surface area contributed by atoms with Gasteiger partial charge in [-0.25, -0.2) is 19.7 Å². The number of carbonyl (C=O) groups excluding carboxylic acids is 2. The van der Waals surface area contributed by atoms with Crippen molar-refractivity contribution in [3.8, 4) is 17.2 Å². The Kier molecular flexibility index (Phi) is 6.13. The molecule has 2 aromatic carbocycles. The molecule has 1 N–H and O–H groups in total. The van der Waals surface area contributed by atoms with Crippen LogP contribution in [0.5, 0.6) is 5.75 Å². The van der Waals surface area contributed by atoms with E-state index < -0.39 is 11.9 Å². The van der Waals surface area contributed by atoms with E-state index in [9.17, 15) is 9.59 Å². The van der Waals surface area contributed by atoms with Gasteiger partial charge in [-0.2, -0.15) is 0 Å². The first-order valence-electron chi connectivity index (χ1n) is 10.2. The molecule has 0 aliphatic carbocycles. The number of para-hydroxylation sites is 2. The summed E-state index contributed by atoms with van der Waals surface area (Å²) in [5.41, 5.74) is 2.21. The fourth-order valence-electron chi connectivity index (χ4n) is 3.30. The van der Waals surface area contributed by atoms with Crippen LogP contribution < -0.4 is 10.1 Å². The predicted octanol–water partition coefficient (Wildman–Crippen LogP) is 6.06. The van der Waals surface area contributed by atoms with Gasteiger partial charge in [0.1, 0.15) is 21.6 Å². The second kappa shape index (κ2) is 9.54. The zero-order valence-corrected chi connectivity index (χ0v) is 19.2. The summed E-state index contributed by atoms with van der Waals surface area (Å²) < 4.78 is 11.5. The number of ether oxygens (including phenoxy) is 1. The van der Waals surface area contributed by atoms with Crippen LogP contribution in [0.2, 0.25) is 10.3 Å². The summed E-state index contributed by atoms with van der Waals surface area (Å²) in [4.78, 5) is 37.9. The van der Waals surface area contributed by atoms with E-state index in [2.05, 4.69) is 20.3 Å². The topological polar surface area (TPSA) is 107 Å². The van der Waals surface area contributed by atoms with Crippen molar-refractivity contribution in [1.82, 2.24) is 15.0 Å². The van der Waals surface area contributed by atoms with Crippen molar-refractivity contribution < 1.29 is 18.7 Å². The van der Waals surface area contributed by atoms with Gasteiger partial charge in [-0.1, -0.05) is 35.3 Å². The Morgan fingerprint density at radius 3 is 2.29 bits per heavy atom. The maximum atomic E-state index is 12.9. The van der Waals surface area contributed by atoms with E-state index in [1.807, 2.05) is 12.1 Å². The molecule has 0 aliphatic rings. The van der Waals surface area contributed by atoms with E-state index in [1.165, 1.54) is 24.5 Å². The largest absolute Gasteiger partial charge is 0.436 e. The number of hydrogen-bond acceptors (Lipinski definition) is 7. The molecule has 5 rings (SSSR count). The van der Waals surface area contributed by atoms with Gasteiger partial charge in [0.15, 0.2) is 5.58 Å². The van der Waals surface area contributed by atoms with Crippen LogP contribution in [0.3, 0.4) is 0 Å². The molecule has 10 heteroatoms. The molecule has 0 fully saturated rings. The van der Waals surface area contributed by atoms with Crippen molar-refractivity contribution in [3.63, 3.8) is 0 Å². The first-order valence-corrected chi connectivity index (χ1v) is 11.0. The van der Waals surface area contributed by atoms with Crippen molar-refractivity contribution in [1.29, 1.82) is 0 Å². The number of nitrogens with zero attached hydrogens (tertiary/aromatic N) is 3. The van der Waals surface area contributed by atoms with Crippen LogP contribution in [0, 0.1) is 0 Å². The van der Waals surface area contributed by atoms with Crippen LogP contribution >= 0.6 is 23.2 Å². The van der Waals surface area contributed by atoms with Gasteiger partial charge >= 0.3 is 5.97 Å². The SMILES string of the molecule is O=C(Nc1ccc(-c2nc3ccccc3o2)c(OC(=O)c2cccnc2Cl)c1)c1cccnc1Cl. The fourth-order valence-corrected chi connectivity index (χ4v) is 3.70. The smallest absolute Gasteiger partial charge is 0.346 e. The summed E-state index contributed by atoms with van der Waals surface area (Å²) in [7, 11) is 0. The van der Waals surface area contributed by atoms with Crippen LogP contribution in [-0.4, -0.2) is 26.8 Å². The number of nitrogens with one attached hydrogen (secondary N) is 1. The average molecular weight is 505 g/mol. The van der Waals surface area contributed by atoms with Crippen LogP contribution in [-0.2, 0) is 0 Å². The number of rotatable bonds is 5. The molecule has 0 aliphatic heterocycles. The summed E-state index contributed by atoms with van der Waals surface area (Å²) in [5, 5.41) is 2.78. The molecule has 0 unspecified atom stereocenters. The highest BCUT2D eigenvalue weighted by Gasteiger charge is 2.20. The number of carbonyl (C=O) groups is 2. The van der Waals surface area contributed by atoms with Crippen LogP contribution in [0.4, 0.5) is 5.69 Å². The number of amides is 1. The van der Waals surface area contributed by atoms with E-state index >= 15 is 0 Å². The number of pyridine rings is 2. The minimum atomic E-state index is -0.737. The molecule has 0 atom stereocenters. The van der Waals surface area contributed by atoms with Crippen LogP contribution in [0.15, 0.2) is 83.5 Å². The average Bonchev–Trinajstić information content (AvgIpc) is 3.28. The molecule has 3 aromatic heterocycles. The highest BCUT2D eigenvalue weighted by atomic mass is 35.5. The molecule has 3 heterocycles. The van der Waals surface area contributed by atoms with E-state index in [-0.39, 0.29) is 33.1 Å². The second-order valence-corrected chi connectivity index (χ2v) is 7.94. The lowest BCUT2D eigenvalue weighted by Gasteiger charge is -2.12. The van der Waals surface area contributed by atoms with Gasteiger partial charge in [-0.3, -0.25) is 4.79 Å². The standard InChI is InChI=1S/C25H14Cl2N4O4/c26-21-16(5-3-11-28-21)23(32)30-14-9-10-15(24-31-18-7-1-2-8-19(18)34-24)20(13-14)35-25(33)17-6-4-12-29-22(17)27/h1-13H,(H,30,32). The van der Waals surface area contributed by atoms with Gasteiger partial charge in [-0.15, -0.1) is 0 Å². The molecule has 8 nitrogen and oxygen atoms in total. The molecule has 0 bridgehead atoms. The van der Waals surface area contributed by atoms with Crippen molar-refractivity contribution >= 4 is 51.9 Å². The number of benzene rings is 2. The summed E-state index contributed by atoms with van der Waals surface area (Å²) in [5.74, 6) is -0.888. The number of hydrogen-bond donors (Lipinski definition) is 1. The molecule has 0 saturated heterocycles. The van der Waals surface area contributed by atoms with Crippen molar-refractivity contribution in [2.75, 3.05) is 5.32 Å². The van der Waals surface area contributed by atoms with Crippen LogP contribution in [0.25, 0.3) is 22.6 Å². The quantitative estimate of drug-likeness (QED) is 0.176. The van der Waals surface area contributed by atoms with Crippen molar-refractivity contribution in [2.24, 2.45) is 0 Å². The fraction of sp³-hybridized carbons (Fsp3) is 0. The number of oxazole rings is 1. The number of esters is 1. The monoisotopic (exact) mass is 504 g/mol. The van der Waals surface area contributed by atoms with Gasteiger partial charge in [0.2, 0.25) is 5.89 Å². The lowest BCUT2D eigenvalue weighted by molar-refractivity contribution is 0.0735. The Bertz CT molecular complexity index is 1550. The predicted molar refractivity (Wildman–Crippen MR) is 131 cm³/mol. The number of halogens is 2. The Morgan fingerprint density at radius 2 is 1.57 bits per heavy atom. The summed E-state index contributed by atoms with van der Waals surface area (Å²) >= 11 is 12.1. The Morgan fingerprint density at radius 1 is 0.857 bits per heavy atom. The maximum Gasteiger partial charge on any atom is 0.346 e. The minimum Gasteiger partial charge on any atom is -0.436 e. The zero-order valence-electron chi connectivity index (χ0n) is 17.7. The molecule has 0 saturated carbocycles. The molecule has 1 amide bonds. The first-order chi connectivity index (χ1) is 17.0. The molecule has 0 spiro atoms. The summed E-state index contributed by atoms with van der Waals surface area (Å²) in [6.07, 6.45) is 2.94. The Balaban J connectivity index is 1.53.